The molecule has 0 spiro atoms. The van der Waals surface area contributed by atoms with Crippen LogP contribution in [-0.2, 0) is 6.42 Å². The maximum Gasteiger partial charge on any atom is 0.227 e. The van der Waals surface area contributed by atoms with Crippen molar-refractivity contribution in [2.75, 3.05) is 0 Å². The van der Waals surface area contributed by atoms with Crippen molar-refractivity contribution < 1.29 is 13.3 Å². The third kappa shape index (κ3) is 5.05. The van der Waals surface area contributed by atoms with Gasteiger partial charge in [-0.1, -0.05) is 109 Å². The first-order chi connectivity index (χ1) is 28.2. The molecule has 0 aliphatic rings. The van der Waals surface area contributed by atoms with E-state index in [0.717, 1.165) is 79.1 Å². The Morgan fingerprint density at radius 3 is 2.11 bits per heavy atom. The van der Waals surface area contributed by atoms with E-state index in [2.05, 4.69) is 132 Å². The van der Waals surface area contributed by atoms with Crippen molar-refractivity contribution in [3.05, 3.63) is 193 Å². The summed E-state index contributed by atoms with van der Waals surface area (Å²) in [6.07, 6.45) is 1.73. The second-order valence-electron chi connectivity index (χ2n) is 15.0. The number of benzene rings is 8. The molecule has 1 unspecified atom stereocenters. The zero-order valence-electron chi connectivity index (χ0n) is 30.9. The number of fused-ring (bicyclic) bond motifs is 11. The van der Waals surface area contributed by atoms with E-state index in [1.54, 1.807) is 0 Å². The molecule has 5 nitrogen and oxygen atoms in total. The molecule has 0 saturated heterocycles. The molecular weight excluding hydrogens is 701 g/mol. The monoisotopic (exact) mass is 734 g/mol. The number of furan rings is 2. The third-order valence-electron chi connectivity index (χ3n) is 11.7. The minimum absolute atomic E-state index is 0.0238. The molecule has 0 fully saturated rings. The van der Waals surface area contributed by atoms with Gasteiger partial charge in [0.1, 0.15) is 27.8 Å². The molecule has 8 aromatic carbocycles. The second kappa shape index (κ2) is 12.6. The minimum atomic E-state index is 0.0238. The van der Waals surface area contributed by atoms with Crippen molar-refractivity contribution in [3.8, 4) is 17.1 Å². The van der Waals surface area contributed by atoms with Crippen LogP contribution in [0.5, 0.6) is 0 Å². The summed E-state index contributed by atoms with van der Waals surface area (Å²) in [6, 6.07) is 62.0. The van der Waals surface area contributed by atoms with Crippen LogP contribution in [0.3, 0.4) is 0 Å². The summed E-state index contributed by atoms with van der Waals surface area (Å²) in [5.74, 6) is 0.622. The molecule has 0 aliphatic carbocycles. The van der Waals surface area contributed by atoms with Crippen LogP contribution >= 0.6 is 0 Å². The molecule has 0 aliphatic heterocycles. The van der Waals surface area contributed by atoms with Crippen molar-refractivity contribution in [3.63, 3.8) is 0 Å². The molecule has 57 heavy (non-hydrogen) atoms. The topological polar surface area (TPSA) is 57.2 Å². The van der Waals surface area contributed by atoms with Gasteiger partial charge in [-0.3, -0.25) is 0 Å². The summed E-state index contributed by atoms with van der Waals surface area (Å²) in [4.78, 5) is 5.03. The van der Waals surface area contributed by atoms with Crippen LogP contribution < -0.4 is 0 Å². The van der Waals surface area contributed by atoms with E-state index in [9.17, 15) is 0 Å². The molecule has 0 amide bonds. The van der Waals surface area contributed by atoms with Crippen LogP contribution in [0, 0.1) is 0 Å². The lowest BCUT2D eigenvalue weighted by molar-refractivity contribution is 0.619. The highest BCUT2D eigenvalue weighted by molar-refractivity contribution is 6.17. The van der Waals surface area contributed by atoms with Gasteiger partial charge in [-0.25, -0.2) is 4.98 Å². The largest absolute Gasteiger partial charge is 0.456 e. The number of aromatic nitrogens is 2. The van der Waals surface area contributed by atoms with Crippen LogP contribution in [-0.4, -0.2) is 9.55 Å². The smallest absolute Gasteiger partial charge is 0.227 e. The Hall–Kier alpha value is -7.37. The Labute approximate surface area is 327 Å². The lowest BCUT2D eigenvalue weighted by atomic mass is 9.84. The van der Waals surface area contributed by atoms with Crippen LogP contribution in [0.2, 0.25) is 0 Å². The summed E-state index contributed by atoms with van der Waals surface area (Å²) in [5.41, 5.74) is 13.2. The van der Waals surface area contributed by atoms with E-state index in [4.69, 9.17) is 18.2 Å². The van der Waals surface area contributed by atoms with Crippen LogP contribution in [0.4, 0.5) is 0 Å². The van der Waals surface area contributed by atoms with E-state index in [1.165, 1.54) is 38.5 Å². The molecule has 0 saturated carbocycles. The fraction of sp³-hybridized carbons (Fsp3) is 0.0577. The number of aryl methyl sites for hydroxylation is 1. The molecule has 4 aromatic heterocycles. The van der Waals surface area contributed by atoms with Gasteiger partial charge in [0, 0.05) is 49.7 Å². The third-order valence-corrected chi connectivity index (χ3v) is 11.7. The second-order valence-corrected chi connectivity index (χ2v) is 15.0. The van der Waals surface area contributed by atoms with Gasteiger partial charge in [0.2, 0.25) is 5.89 Å². The molecule has 12 aromatic rings. The van der Waals surface area contributed by atoms with Gasteiger partial charge in [-0.05, 0) is 90.7 Å². The Balaban J connectivity index is 1.02. The lowest BCUT2D eigenvalue weighted by Crippen LogP contribution is -2.04. The standard InChI is InChI=1S/C52H34N2O3/c1-3-12-33(13-4-1)52-53-50-48(57-52)29-28-47-49(50)42-31-34(24-27-46(42)55-47)36(40-18-11-19-41-39-17-8-10-21-45(39)56-51(40)41)25-22-32-23-26-38-37-16-7-9-20-43(37)54(44(38)30-32)35-14-5-2-6-15-35/h1-21,23-24,26-31,36H,22,25H2. The predicted molar refractivity (Wildman–Crippen MR) is 231 cm³/mol. The molecule has 1 atom stereocenters. The van der Waals surface area contributed by atoms with Crippen LogP contribution in [0.15, 0.2) is 189 Å². The SMILES string of the molecule is c1ccc(-c2nc3c(ccc4oc5ccc(C(CCc6ccc7c8ccccc8n(-c8ccccc8)c7c6)c6cccc7c6oc6ccccc67)cc5c43)o2)cc1. The van der Waals surface area contributed by atoms with Gasteiger partial charge >= 0.3 is 0 Å². The van der Waals surface area contributed by atoms with Crippen molar-refractivity contribution >= 4 is 76.8 Å². The highest BCUT2D eigenvalue weighted by Crippen LogP contribution is 2.42. The van der Waals surface area contributed by atoms with Gasteiger partial charge in [-0.15, -0.1) is 0 Å². The first-order valence-electron chi connectivity index (χ1n) is 19.5. The molecule has 12 rings (SSSR count). The summed E-state index contributed by atoms with van der Waals surface area (Å²) >= 11 is 0. The number of nitrogens with zero attached hydrogens (tertiary/aromatic N) is 2. The average Bonchev–Trinajstić information content (AvgIpc) is 4.04. The Morgan fingerprint density at radius 1 is 0.491 bits per heavy atom. The highest BCUT2D eigenvalue weighted by Gasteiger charge is 2.24. The van der Waals surface area contributed by atoms with Gasteiger partial charge in [0.05, 0.1) is 16.4 Å². The van der Waals surface area contributed by atoms with E-state index in [-0.39, 0.29) is 5.92 Å². The van der Waals surface area contributed by atoms with Crippen molar-refractivity contribution in [1.29, 1.82) is 0 Å². The van der Waals surface area contributed by atoms with Crippen molar-refractivity contribution in [2.24, 2.45) is 0 Å². The number of rotatable bonds is 7. The Morgan fingerprint density at radius 2 is 1.21 bits per heavy atom. The van der Waals surface area contributed by atoms with Gasteiger partial charge < -0.3 is 17.8 Å². The number of hydrogen-bond donors (Lipinski definition) is 0. The minimum Gasteiger partial charge on any atom is -0.456 e. The van der Waals surface area contributed by atoms with Gasteiger partial charge in [-0.2, -0.15) is 0 Å². The molecular formula is C52H34N2O3. The predicted octanol–water partition coefficient (Wildman–Crippen LogP) is 14.2. The van der Waals surface area contributed by atoms with Gasteiger partial charge in [0.15, 0.2) is 5.58 Å². The first-order valence-corrected chi connectivity index (χ1v) is 19.5. The Kier molecular flexibility index (Phi) is 7.05. The summed E-state index contributed by atoms with van der Waals surface area (Å²) in [7, 11) is 0. The van der Waals surface area contributed by atoms with Gasteiger partial charge in [0.25, 0.3) is 0 Å². The summed E-state index contributed by atoms with van der Waals surface area (Å²) in [6.45, 7) is 0. The maximum atomic E-state index is 6.70. The zero-order chi connectivity index (χ0) is 37.5. The summed E-state index contributed by atoms with van der Waals surface area (Å²) < 4.78 is 21.9. The quantitative estimate of drug-likeness (QED) is 0.164. The molecule has 0 radical (unpaired) electrons. The number of oxazole rings is 1. The van der Waals surface area contributed by atoms with Crippen molar-refractivity contribution in [2.45, 2.75) is 18.8 Å². The van der Waals surface area contributed by atoms with Crippen LogP contribution in [0.25, 0.3) is 93.9 Å². The van der Waals surface area contributed by atoms with E-state index in [1.807, 2.05) is 48.5 Å². The normalized spacial score (nSPS) is 12.6. The molecule has 4 heterocycles. The van der Waals surface area contributed by atoms with Crippen LogP contribution in [0.1, 0.15) is 29.0 Å². The number of hydrogen-bond acceptors (Lipinski definition) is 4. The van der Waals surface area contributed by atoms with E-state index >= 15 is 0 Å². The first kappa shape index (κ1) is 31.9. The lowest BCUT2D eigenvalue weighted by Gasteiger charge is -2.19. The highest BCUT2D eigenvalue weighted by atomic mass is 16.4. The fourth-order valence-corrected chi connectivity index (χ4v) is 9.08. The van der Waals surface area contributed by atoms with Crippen molar-refractivity contribution in [1.82, 2.24) is 9.55 Å². The molecule has 5 heteroatoms. The van der Waals surface area contributed by atoms with E-state index < -0.39 is 0 Å². The fourth-order valence-electron chi connectivity index (χ4n) is 9.08. The molecule has 0 bridgehead atoms. The molecule has 0 N–H and O–H groups in total. The zero-order valence-corrected chi connectivity index (χ0v) is 30.9. The maximum absolute atomic E-state index is 6.70. The van der Waals surface area contributed by atoms with E-state index in [0.29, 0.717) is 5.89 Å². The Bertz CT molecular complexity index is 3480. The average molecular weight is 735 g/mol. The molecule has 270 valence electrons. The number of para-hydroxylation sites is 4. The summed E-state index contributed by atoms with van der Waals surface area (Å²) in [5, 5.41) is 6.77.